The summed E-state index contributed by atoms with van der Waals surface area (Å²) in [7, 11) is 0. The number of aromatic nitrogens is 2. The molecule has 0 atom stereocenters. The predicted octanol–water partition coefficient (Wildman–Crippen LogP) is 2.45. The van der Waals surface area contributed by atoms with Crippen LogP contribution in [0.1, 0.15) is 33.0 Å². The lowest BCUT2D eigenvalue weighted by atomic mass is 10.1. The largest absolute Gasteiger partial charge is 0.459 e. The fourth-order valence-electron chi connectivity index (χ4n) is 3.32. The van der Waals surface area contributed by atoms with Gasteiger partial charge in [-0.3, -0.25) is 14.7 Å². The van der Waals surface area contributed by atoms with Gasteiger partial charge >= 0.3 is 0 Å². The highest BCUT2D eigenvalue weighted by Gasteiger charge is 2.26. The highest BCUT2D eigenvalue weighted by atomic mass is 16.3. The van der Waals surface area contributed by atoms with Gasteiger partial charge in [-0.05, 0) is 37.6 Å². The summed E-state index contributed by atoms with van der Waals surface area (Å²) in [4.78, 5) is 28.9. The fraction of sp³-hybridized carbons (Fsp3) is 0.316. The number of benzene rings is 1. The van der Waals surface area contributed by atoms with Crippen LogP contribution >= 0.6 is 0 Å². The van der Waals surface area contributed by atoms with E-state index in [0.717, 1.165) is 22.9 Å². The van der Waals surface area contributed by atoms with Gasteiger partial charge in [0.1, 0.15) is 0 Å². The Morgan fingerprint density at radius 2 is 1.85 bits per heavy atom. The summed E-state index contributed by atoms with van der Waals surface area (Å²) in [5.41, 5.74) is 2.37. The van der Waals surface area contributed by atoms with Gasteiger partial charge in [-0.1, -0.05) is 11.6 Å². The molecule has 2 aromatic heterocycles. The van der Waals surface area contributed by atoms with Crippen LogP contribution in [0.3, 0.4) is 0 Å². The summed E-state index contributed by atoms with van der Waals surface area (Å²) in [6.07, 6.45) is 2.21. The molecule has 0 bridgehead atoms. The van der Waals surface area contributed by atoms with Crippen LogP contribution in [0, 0.1) is 6.92 Å². The molecule has 26 heavy (non-hydrogen) atoms. The van der Waals surface area contributed by atoms with E-state index in [4.69, 9.17) is 4.42 Å². The number of aryl methyl sites for hydroxylation is 1. The Kier molecular flexibility index (Phi) is 4.20. The van der Waals surface area contributed by atoms with Crippen LogP contribution in [-0.4, -0.2) is 58.0 Å². The van der Waals surface area contributed by atoms with E-state index in [1.54, 1.807) is 21.9 Å². The van der Waals surface area contributed by atoms with Crippen molar-refractivity contribution in [1.29, 1.82) is 0 Å². The molecule has 7 nitrogen and oxygen atoms in total. The van der Waals surface area contributed by atoms with E-state index in [2.05, 4.69) is 10.2 Å². The Bertz CT molecular complexity index is 945. The zero-order valence-corrected chi connectivity index (χ0v) is 14.6. The molecule has 3 aromatic rings. The molecule has 2 amide bonds. The summed E-state index contributed by atoms with van der Waals surface area (Å²) < 4.78 is 5.20. The highest BCUT2D eigenvalue weighted by Crippen LogP contribution is 2.20. The fourth-order valence-corrected chi connectivity index (χ4v) is 3.32. The molecule has 0 saturated carbocycles. The van der Waals surface area contributed by atoms with Gasteiger partial charge in [0.25, 0.3) is 11.8 Å². The van der Waals surface area contributed by atoms with Crippen LogP contribution in [0.25, 0.3) is 10.9 Å². The molecule has 1 aliphatic heterocycles. The summed E-state index contributed by atoms with van der Waals surface area (Å²) in [6, 6.07) is 9.25. The molecule has 134 valence electrons. The van der Waals surface area contributed by atoms with Crippen molar-refractivity contribution >= 4 is 22.7 Å². The van der Waals surface area contributed by atoms with Gasteiger partial charge in [0, 0.05) is 31.6 Å². The second-order valence-corrected chi connectivity index (χ2v) is 6.54. The number of amides is 2. The minimum Gasteiger partial charge on any atom is -0.459 e. The summed E-state index contributed by atoms with van der Waals surface area (Å²) in [5, 5.41) is 7.98. The third-order valence-electron chi connectivity index (χ3n) is 4.72. The van der Waals surface area contributed by atoms with Gasteiger partial charge in [0.15, 0.2) is 11.5 Å². The van der Waals surface area contributed by atoms with Crippen LogP contribution in [0.4, 0.5) is 0 Å². The van der Waals surface area contributed by atoms with E-state index in [-0.39, 0.29) is 11.8 Å². The van der Waals surface area contributed by atoms with E-state index >= 15 is 0 Å². The Morgan fingerprint density at radius 1 is 1.08 bits per heavy atom. The zero-order valence-electron chi connectivity index (χ0n) is 14.6. The molecular weight excluding hydrogens is 332 g/mol. The smallest absolute Gasteiger partial charge is 0.289 e. The van der Waals surface area contributed by atoms with Crippen molar-refractivity contribution in [2.75, 3.05) is 26.2 Å². The number of fused-ring (bicyclic) bond motifs is 1. The van der Waals surface area contributed by atoms with Gasteiger partial charge in [-0.15, -0.1) is 0 Å². The number of carbonyl (C=O) groups is 2. The average molecular weight is 352 g/mol. The van der Waals surface area contributed by atoms with E-state index in [1.807, 2.05) is 25.1 Å². The standard InChI is InChI=1S/C19H20N4O3/c1-13-5-6-15-14(12-13)17(21-20-15)19(25)23-8-3-7-22(9-10-23)18(24)16-4-2-11-26-16/h2,4-6,11-12H,3,7-10H2,1H3,(H,20,21). The van der Waals surface area contributed by atoms with Crippen LogP contribution < -0.4 is 0 Å². The first kappa shape index (κ1) is 16.4. The number of hydrogen-bond acceptors (Lipinski definition) is 4. The number of rotatable bonds is 2. The molecule has 1 aromatic carbocycles. The number of H-pyrrole nitrogens is 1. The maximum Gasteiger partial charge on any atom is 0.289 e. The minimum atomic E-state index is -0.134. The molecule has 0 radical (unpaired) electrons. The van der Waals surface area contributed by atoms with Crippen molar-refractivity contribution in [3.05, 3.63) is 53.6 Å². The Balaban J connectivity index is 1.50. The molecule has 0 spiro atoms. The number of hydrogen-bond donors (Lipinski definition) is 1. The molecule has 0 unspecified atom stereocenters. The molecular formula is C19H20N4O3. The summed E-state index contributed by atoms with van der Waals surface area (Å²) in [6.45, 7) is 4.15. The first-order valence-corrected chi connectivity index (χ1v) is 8.70. The van der Waals surface area contributed by atoms with Gasteiger partial charge in [-0.2, -0.15) is 5.10 Å². The predicted molar refractivity (Wildman–Crippen MR) is 96.0 cm³/mol. The third-order valence-corrected chi connectivity index (χ3v) is 4.72. The van der Waals surface area contributed by atoms with E-state index in [1.165, 1.54) is 6.26 Å². The maximum atomic E-state index is 13.0. The molecule has 1 aliphatic rings. The SMILES string of the molecule is Cc1ccc2[nH]nc(C(=O)N3CCCN(C(=O)c4ccco4)CC3)c2c1. The topological polar surface area (TPSA) is 82.4 Å². The monoisotopic (exact) mass is 352 g/mol. The highest BCUT2D eigenvalue weighted by molar-refractivity contribution is 6.04. The van der Waals surface area contributed by atoms with Crippen molar-refractivity contribution in [2.45, 2.75) is 13.3 Å². The first-order chi connectivity index (χ1) is 12.6. The van der Waals surface area contributed by atoms with E-state index in [9.17, 15) is 9.59 Å². The Labute approximate surface area is 150 Å². The maximum absolute atomic E-state index is 13.0. The van der Waals surface area contributed by atoms with Gasteiger partial charge in [-0.25, -0.2) is 0 Å². The Hall–Kier alpha value is -3.09. The molecule has 4 rings (SSSR count). The first-order valence-electron chi connectivity index (χ1n) is 8.70. The number of carbonyl (C=O) groups excluding carboxylic acids is 2. The summed E-state index contributed by atoms with van der Waals surface area (Å²) in [5.74, 6) is 0.0952. The Morgan fingerprint density at radius 3 is 2.58 bits per heavy atom. The number of nitrogens with one attached hydrogen (secondary N) is 1. The minimum absolute atomic E-state index is 0.103. The van der Waals surface area contributed by atoms with Crippen molar-refractivity contribution in [2.24, 2.45) is 0 Å². The number of nitrogens with zero attached hydrogens (tertiary/aromatic N) is 3. The normalized spacial score (nSPS) is 15.3. The van der Waals surface area contributed by atoms with Crippen molar-refractivity contribution in [3.63, 3.8) is 0 Å². The molecule has 1 N–H and O–H groups in total. The molecule has 7 heteroatoms. The molecule has 3 heterocycles. The van der Waals surface area contributed by atoms with Crippen molar-refractivity contribution in [3.8, 4) is 0 Å². The third kappa shape index (κ3) is 2.96. The zero-order chi connectivity index (χ0) is 18.1. The molecule has 1 saturated heterocycles. The van der Waals surface area contributed by atoms with Gasteiger partial charge in [0.2, 0.25) is 0 Å². The van der Waals surface area contributed by atoms with Gasteiger partial charge < -0.3 is 14.2 Å². The van der Waals surface area contributed by atoms with Gasteiger partial charge in [0.05, 0.1) is 11.8 Å². The lowest BCUT2D eigenvalue weighted by molar-refractivity contribution is 0.0698. The second-order valence-electron chi connectivity index (χ2n) is 6.54. The lowest BCUT2D eigenvalue weighted by Crippen LogP contribution is -2.37. The van der Waals surface area contributed by atoms with Crippen molar-refractivity contribution in [1.82, 2.24) is 20.0 Å². The van der Waals surface area contributed by atoms with E-state index in [0.29, 0.717) is 37.6 Å². The van der Waals surface area contributed by atoms with Crippen LogP contribution in [0.15, 0.2) is 41.0 Å². The second kappa shape index (κ2) is 6.67. The molecule has 0 aliphatic carbocycles. The lowest BCUT2D eigenvalue weighted by Gasteiger charge is -2.21. The number of aromatic amines is 1. The van der Waals surface area contributed by atoms with Crippen LogP contribution in [-0.2, 0) is 0 Å². The summed E-state index contributed by atoms with van der Waals surface area (Å²) >= 11 is 0. The average Bonchev–Trinajstić information content (AvgIpc) is 3.25. The van der Waals surface area contributed by atoms with Crippen LogP contribution in [0.2, 0.25) is 0 Å². The van der Waals surface area contributed by atoms with Crippen molar-refractivity contribution < 1.29 is 14.0 Å². The number of furan rings is 1. The van der Waals surface area contributed by atoms with E-state index < -0.39 is 0 Å². The quantitative estimate of drug-likeness (QED) is 0.768. The molecule has 1 fully saturated rings. The van der Waals surface area contributed by atoms with Crippen LogP contribution in [0.5, 0.6) is 0 Å².